The Bertz CT molecular complexity index is 1280. The molecule has 0 aromatic heterocycles. The maximum atomic E-state index is 13.6. The van der Waals surface area contributed by atoms with Gasteiger partial charge >= 0.3 is 0 Å². The Hall–Kier alpha value is -3.76. The molecule has 0 spiro atoms. The van der Waals surface area contributed by atoms with Gasteiger partial charge in [0.2, 0.25) is 0 Å². The van der Waals surface area contributed by atoms with Crippen LogP contribution in [0.4, 0.5) is 0 Å². The smallest absolute Gasteiger partial charge is 0.162 e. The summed E-state index contributed by atoms with van der Waals surface area (Å²) in [5.74, 6) is 0.964. The number of benzene rings is 2. The van der Waals surface area contributed by atoms with Crippen molar-refractivity contribution in [2.45, 2.75) is 46.1 Å². The summed E-state index contributed by atoms with van der Waals surface area (Å²) >= 11 is 0. The Labute approximate surface area is 219 Å². The lowest BCUT2D eigenvalue weighted by molar-refractivity contribution is -0.118. The molecule has 0 amide bonds. The summed E-state index contributed by atoms with van der Waals surface area (Å²) in [4.78, 5) is 15.5. The molecular formula is C30H35N3O4. The molecule has 37 heavy (non-hydrogen) atoms. The minimum atomic E-state index is -0.567. The molecule has 1 atom stereocenters. The predicted octanol–water partition coefficient (Wildman–Crippen LogP) is 4.97. The molecule has 0 saturated heterocycles. The van der Waals surface area contributed by atoms with Crippen molar-refractivity contribution in [3.8, 4) is 17.6 Å². The lowest BCUT2D eigenvalue weighted by Gasteiger charge is -2.43. The molecule has 1 aliphatic carbocycles. The number of methoxy groups -OCH3 is 2. The first-order valence-corrected chi connectivity index (χ1v) is 12.5. The standard InChI is InChI=1S/C30H35N3O4/c1-19-6-8-20(9-7-19)18-37-25-11-10-21(14-26(25)36-5)27-22(17-31)29(32)33(12-13-35-4)23-15-30(2,3)16-24(34)28(23)27/h6-11,14,27H,12-13,15-16,18,32H2,1-5H3/t27-/m0/s1. The molecular weight excluding hydrogens is 466 g/mol. The number of nitriles is 1. The SMILES string of the molecule is COCCN1C(N)=C(C#N)[C@H](c2ccc(OCc3ccc(C)cc3)c(OC)c2)C2=C1CC(C)(C)CC2=O. The first-order chi connectivity index (χ1) is 17.7. The van der Waals surface area contributed by atoms with E-state index in [1.807, 2.05) is 54.3 Å². The van der Waals surface area contributed by atoms with Crippen LogP contribution in [-0.2, 0) is 16.1 Å². The normalized spacial score (nSPS) is 19.0. The minimum absolute atomic E-state index is 0.0394. The van der Waals surface area contributed by atoms with Gasteiger partial charge in [-0.1, -0.05) is 49.7 Å². The molecule has 2 aliphatic rings. The number of hydrogen-bond donors (Lipinski definition) is 1. The molecule has 4 rings (SSSR count). The number of rotatable bonds is 8. The van der Waals surface area contributed by atoms with Crippen LogP contribution in [0.15, 0.2) is 65.1 Å². The van der Waals surface area contributed by atoms with Crippen molar-refractivity contribution >= 4 is 5.78 Å². The van der Waals surface area contributed by atoms with Crippen LogP contribution in [0, 0.1) is 23.7 Å². The highest BCUT2D eigenvalue weighted by atomic mass is 16.5. The summed E-state index contributed by atoms with van der Waals surface area (Å²) in [6.07, 6.45) is 1.09. The maximum absolute atomic E-state index is 13.6. The van der Waals surface area contributed by atoms with E-state index in [9.17, 15) is 10.1 Å². The number of carbonyl (C=O) groups is 1. The molecule has 1 heterocycles. The fourth-order valence-corrected chi connectivity index (χ4v) is 5.17. The van der Waals surface area contributed by atoms with Gasteiger partial charge in [0.1, 0.15) is 12.4 Å². The van der Waals surface area contributed by atoms with Gasteiger partial charge < -0.3 is 24.8 Å². The third-order valence-electron chi connectivity index (χ3n) is 7.04. The van der Waals surface area contributed by atoms with E-state index in [4.69, 9.17) is 19.9 Å². The van der Waals surface area contributed by atoms with Crippen LogP contribution in [0.2, 0.25) is 0 Å². The average Bonchev–Trinajstić information content (AvgIpc) is 2.86. The van der Waals surface area contributed by atoms with Crippen LogP contribution in [0.3, 0.4) is 0 Å². The van der Waals surface area contributed by atoms with Crippen LogP contribution in [0.5, 0.6) is 11.5 Å². The molecule has 2 N–H and O–H groups in total. The topological polar surface area (TPSA) is 97.8 Å². The predicted molar refractivity (Wildman–Crippen MR) is 142 cm³/mol. The lowest BCUT2D eigenvalue weighted by atomic mass is 9.68. The number of ether oxygens (including phenoxy) is 3. The van der Waals surface area contributed by atoms with Crippen LogP contribution in [0.1, 0.15) is 49.3 Å². The van der Waals surface area contributed by atoms with E-state index in [1.54, 1.807) is 14.2 Å². The molecule has 7 nitrogen and oxygen atoms in total. The largest absolute Gasteiger partial charge is 0.493 e. The monoisotopic (exact) mass is 501 g/mol. The number of hydrogen-bond acceptors (Lipinski definition) is 7. The zero-order chi connectivity index (χ0) is 26.7. The first kappa shape index (κ1) is 26.3. The first-order valence-electron chi connectivity index (χ1n) is 12.5. The van der Waals surface area contributed by atoms with Gasteiger partial charge in [0.05, 0.1) is 31.3 Å². The quantitative estimate of drug-likeness (QED) is 0.546. The molecule has 2 aromatic rings. The second-order valence-electron chi connectivity index (χ2n) is 10.5. The molecule has 2 aromatic carbocycles. The Morgan fingerprint density at radius 2 is 1.84 bits per heavy atom. The molecule has 0 unspecified atom stereocenters. The number of nitrogens with two attached hydrogens (primary N) is 1. The fourth-order valence-electron chi connectivity index (χ4n) is 5.17. The molecule has 0 bridgehead atoms. The summed E-state index contributed by atoms with van der Waals surface area (Å²) in [7, 11) is 3.21. The highest BCUT2D eigenvalue weighted by Crippen LogP contribution is 2.49. The lowest BCUT2D eigenvalue weighted by Crippen LogP contribution is -2.43. The zero-order valence-corrected chi connectivity index (χ0v) is 22.3. The second-order valence-corrected chi connectivity index (χ2v) is 10.5. The van der Waals surface area contributed by atoms with Gasteiger partial charge in [0, 0.05) is 31.3 Å². The summed E-state index contributed by atoms with van der Waals surface area (Å²) < 4.78 is 17.0. The number of ketones is 1. The molecule has 0 saturated carbocycles. The van der Waals surface area contributed by atoms with Crippen molar-refractivity contribution in [1.82, 2.24) is 4.90 Å². The van der Waals surface area contributed by atoms with E-state index in [1.165, 1.54) is 5.56 Å². The van der Waals surface area contributed by atoms with Gasteiger partial charge in [0.25, 0.3) is 0 Å². The van der Waals surface area contributed by atoms with E-state index >= 15 is 0 Å². The Balaban J connectivity index is 1.74. The number of carbonyl (C=O) groups excluding carboxylic acids is 1. The summed E-state index contributed by atoms with van der Waals surface area (Å²) in [5, 5.41) is 10.2. The van der Waals surface area contributed by atoms with E-state index in [0.717, 1.165) is 16.8 Å². The van der Waals surface area contributed by atoms with Crippen LogP contribution < -0.4 is 15.2 Å². The van der Waals surface area contributed by atoms with Gasteiger partial charge in [-0.15, -0.1) is 0 Å². The van der Waals surface area contributed by atoms with Crippen molar-refractivity contribution in [3.63, 3.8) is 0 Å². The van der Waals surface area contributed by atoms with Gasteiger partial charge in [-0.25, -0.2) is 0 Å². The average molecular weight is 502 g/mol. The second kappa shape index (κ2) is 10.7. The van der Waals surface area contributed by atoms with Gasteiger partial charge in [-0.2, -0.15) is 5.26 Å². The number of nitrogens with zero attached hydrogens (tertiary/aromatic N) is 2. The van der Waals surface area contributed by atoms with Crippen molar-refractivity contribution in [1.29, 1.82) is 5.26 Å². The van der Waals surface area contributed by atoms with Crippen molar-refractivity contribution in [3.05, 3.63) is 81.8 Å². The number of aryl methyl sites for hydroxylation is 1. The minimum Gasteiger partial charge on any atom is -0.493 e. The molecule has 1 aliphatic heterocycles. The zero-order valence-electron chi connectivity index (χ0n) is 22.3. The van der Waals surface area contributed by atoms with E-state index in [0.29, 0.717) is 61.1 Å². The van der Waals surface area contributed by atoms with Crippen molar-refractivity contribution in [2.24, 2.45) is 11.1 Å². The molecule has 0 radical (unpaired) electrons. The maximum Gasteiger partial charge on any atom is 0.162 e. The van der Waals surface area contributed by atoms with E-state index in [2.05, 4.69) is 19.9 Å². The third-order valence-corrected chi connectivity index (χ3v) is 7.04. The fraction of sp³-hybridized carbons (Fsp3) is 0.400. The van der Waals surface area contributed by atoms with Gasteiger partial charge in [-0.05, 0) is 42.0 Å². The Kier molecular flexibility index (Phi) is 7.60. The number of allylic oxidation sites excluding steroid dienone is 3. The number of Topliss-reactive ketones (excluding diaryl/α,β-unsaturated/α-hetero) is 1. The van der Waals surface area contributed by atoms with Crippen molar-refractivity contribution < 1.29 is 19.0 Å². The van der Waals surface area contributed by atoms with Crippen molar-refractivity contribution in [2.75, 3.05) is 27.4 Å². The highest BCUT2D eigenvalue weighted by Gasteiger charge is 2.44. The summed E-state index contributed by atoms with van der Waals surface area (Å²) in [6.45, 7) is 7.51. The summed E-state index contributed by atoms with van der Waals surface area (Å²) in [6, 6.07) is 16.0. The Morgan fingerprint density at radius 3 is 2.49 bits per heavy atom. The van der Waals surface area contributed by atoms with E-state index < -0.39 is 5.92 Å². The van der Waals surface area contributed by atoms with Crippen LogP contribution in [0.25, 0.3) is 0 Å². The van der Waals surface area contributed by atoms with Gasteiger partial charge in [0.15, 0.2) is 17.3 Å². The summed E-state index contributed by atoms with van der Waals surface area (Å²) in [5.41, 5.74) is 11.3. The van der Waals surface area contributed by atoms with Gasteiger partial charge in [-0.3, -0.25) is 4.79 Å². The highest BCUT2D eigenvalue weighted by molar-refractivity contribution is 6.00. The molecule has 0 fully saturated rings. The van der Waals surface area contributed by atoms with Crippen LogP contribution >= 0.6 is 0 Å². The third kappa shape index (κ3) is 5.35. The molecule has 194 valence electrons. The Morgan fingerprint density at radius 1 is 1.11 bits per heavy atom. The van der Waals surface area contributed by atoms with E-state index in [-0.39, 0.29) is 11.2 Å². The molecule has 7 heteroatoms. The van der Waals surface area contributed by atoms with Crippen LogP contribution in [-0.4, -0.2) is 38.1 Å².